The van der Waals surface area contributed by atoms with E-state index in [2.05, 4.69) is 4.98 Å². The van der Waals surface area contributed by atoms with Crippen molar-refractivity contribution in [3.05, 3.63) is 53.7 Å². The number of nitrogens with zero attached hydrogens (tertiary/aromatic N) is 2. The number of hydrogen-bond donors (Lipinski definition) is 1. The summed E-state index contributed by atoms with van der Waals surface area (Å²) in [4.78, 5) is 29.1. The van der Waals surface area contributed by atoms with Gasteiger partial charge in [-0.15, -0.1) is 0 Å². The summed E-state index contributed by atoms with van der Waals surface area (Å²) in [6.45, 7) is 2.38. The first-order valence-electron chi connectivity index (χ1n) is 7.63. The van der Waals surface area contributed by atoms with Crippen molar-refractivity contribution >= 4 is 11.9 Å². The second-order valence-electron chi connectivity index (χ2n) is 5.73. The molecule has 5 heteroatoms. The molecule has 1 aromatic heterocycles. The van der Waals surface area contributed by atoms with Gasteiger partial charge in [0.05, 0.1) is 17.3 Å². The van der Waals surface area contributed by atoms with Gasteiger partial charge in [-0.2, -0.15) is 0 Å². The zero-order valence-corrected chi connectivity index (χ0v) is 12.9. The van der Waals surface area contributed by atoms with Crippen molar-refractivity contribution in [1.82, 2.24) is 9.88 Å². The van der Waals surface area contributed by atoms with Crippen LogP contribution >= 0.6 is 0 Å². The number of likely N-dealkylation sites (tertiary alicyclic amines) is 1. The molecule has 5 nitrogen and oxygen atoms in total. The third kappa shape index (κ3) is 3.08. The molecule has 0 spiro atoms. The van der Waals surface area contributed by atoms with E-state index in [1.165, 1.54) is 0 Å². The first-order valence-corrected chi connectivity index (χ1v) is 7.63. The third-order valence-corrected chi connectivity index (χ3v) is 4.23. The highest BCUT2D eigenvalue weighted by Gasteiger charge is 2.28. The van der Waals surface area contributed by atoms with Gasteiger partial charge in [-0.1, -0.05) is 12.1 Å². The van der Waals surface area contributed by atoms with E-state index in [1.54, 1.807) is 31.3 Å². The number of aromatic carboxylic acids is 1. The normalized spacial score (nSPS) is 17.3. The van der Waals surface area contributed by atoms with Crippen LogP contribution in [-0.4, -0.2) is 33.4 Å². The van der Waals surface area contributed by atoms with Crippen LogP contribution in [-0.2, 0) is 4.79 Å². The molecule has 1 saturated heterocycles. The Balaban J connectivity index is 1.95. The molecule has 0 radical (unpaired) electrons. The van der Waals surface area contributed by atoms with Crippen molar-refractivity contribution in [2.75, 3.05) is 6.54 Å². The number of carbonyl (C=O) groups excluding carboxylic acids is 1. The summed E-state index contributed by atoms with van der Waals surface area (Å²) in [5.41, 5.74) is 2.77. The molecule has 118 valence electrons. The number of amides is 1. The smallest absolute Gasteiger partial charge is 0.335 e. The molecular weight excluding hydrogens is 292 g/mol. The molecule has 2 heterocycles. The first-order chi connectivity index (χ1) is 11.1. The van der Waals surface area contributed by atoms with Crippen LogP contribution in [0.5, 0.6) is 0 Å². The summed E-state index contributed by atoms with van der Waals surface area (Å²) in [6.07, 6.45) is 3.66. The maximum absolute atomic E-state index is 11.7. The minimum atomic E-state index is -0.957. The Hall–Kier alpha value is -2.69. The van der Waals surface area contributed by atoms with Crippen LogP contribution in [0.1, 0.15) is 41.7 Å². The number of carbonyl (C=O) groups is 2. The van der Waals surface area contributed by atoms with Gasteiger partial charge in [-0.25, -0.2) is 4.79 Å². The molecule has 1 amide bonds. The highest BCUT2D eigenvalue weighted by Crippen LogP contribution is 2.33. The van der Waals surface area contributed by atoms with Crippen molar-refractivity contribution in [3.8, 4) is 11.3 Å². The topological polar surface area (TPSA) is 70.5 Å². The molecule has 0 saturated carbocycles. The lowest BCUT2D eigenvalue weighted by atomic mass is 10.0. The third-order valence-electron chi connectivity index (χ3n) is 4.23. The molecule has 1 fully saturated rings. The summed E-state index contributed by atoms with van der Waals surface area (Å²) in [5.74, 6) is -0.875. The van der Waals surface area contributed by atoms with Crippen molar-refractivity contribution in [3.63, 3.8) is 0 Å². The van der Waals surface area contributed by atoms with Crippen LogP contribution in [0.15, 0.2) is 42.6 Å². The van der Waals surface area contributed by atoms with Crippen molar-refractivity contribution < 1.29 is 14.7 Å². The number of pyridine rings is 1. The van der Waals surface area contributed by atoms with Crippen LogP contribution in [0.25, 0.3) is 11.3 Å². The number of hydrogen-bond acceptors (Lipinski definition) is 3. The first kappa shape index (κ1) is 15.2. The largest absolute Gasteiger partial charge is 0.478 e. The van der Waals surface area contributed by atoms with Gasteiger partial charge in [0, 0.05) is 25.2 Å². The standard InChI is InChI=1S/C18H18N2O3/c1-12(21)20-9-3-6-17(20)14-7-8-19-16(11-14)13-4-2-5-15(10-13)18(22)23/h2,4-5,7-8,10-11,17H,3,6,9H2,1H3,(H,22,23)/t17-/m0/s1. The van der Waals surface area contributed by atoms with E-state index in [1.807, 2.05) is 23.1 Å². The minimum absolute atomic E-state index is 0.0805. The van der Waals surface area contributed by atoms with E-state index < -0.39 is 5.97 Å². The Morgan fingerprint density at radius 2 is 2.09 bits per heavy atom. The van der Waals surface area contributed by atoms with E-state index in [9.17, 15) is 9.59 Å². The van der Waals surface area contributed by atoms with Crippen molar-refractivity contribution in [2.45, 2.75) is 25.8 Å². The molecule has 0 bridgehead atoms. The summed E-state index contributed by atoms with van der Waals surface area (Å²) < 4.78 is 0. The van der Waals surface area contributed by atoms with E-state index in [0.29, 0.717) is 0 Å². The second kappa shape index (κ2) is 6.20. The second-order valence-corrected chi connectivity index (χ2v) is 5.73. The fourth-order valence-electron chi connectivity index (χ4n) is 3.11. The summed E-state index contributed by atoms with van der Waals surface area (Å²) >= 11 is 0. The molecule has 0 aliphatic carbocycles. The molecule has 1 aliphatic rings. The highest BCUT2D eigenvalue weighted by atomic mass is 16.4. The van der Waals surface area contributed by atoms with E-state index in [4.69, 9.17) is 5.11 Å². The number of carboxylic acid groups (broad SMARTS) is 1. The lowest BCUT2D eigenvalue weighted by molar-refractivity contribution is -0.129. The van der Waals surface area contributed by atoms with Crippen LogP contribution < -0.4 is 0 Å². The maximum Gasteiger partial charge on any atom is 0.335 e. The van der Waals surface area contributed by atoms with E-state index in [-0.39, 0.29) is 17.5 Å². The summed E-state index contributed by atoms with van der Waals surface area (Å²) in [6, 6.07) is 10.7. The Bertz CT molecular complexity index is 757. The quantitative estimate of drug-likeness (QED) is 0.945. The van der Waals surface area contributed by atoms with Gasteiger partial charge in [0.15, 0.2) is 0 Å². The molecule has 0 unspecified atom stereocenters. The molecule has 3 rings (SSSR count). The van der Waals surface area contributed by atoms with Crippen molar-refractivity contribution in [2.24, 2.45) is 0 Å². The van der Waals surface area contributed by atoms with Gasteiger partial charge in [0.2, 0.25) is 5.91 Å². The van der Waals surface area contributed by atoms with Gasteiger partial charge in [0.1, 0.15) is 0 Å². The van der Waals surface area contributed by atoms with Crippen LogP contribution in [0.3, 0.4) is 0 Å². The van der Waals surface area contributed by atoms with Crippen molar-refractivity contribution in [1.29, 1.82) is 0 Å². The lowest BCUT2D eigenvalue weighted by Crippen LogP contribution is -2.28. The zero-order valence-electron chi connectivity index (χ0n) is 12.9. The Labute approximate surface area is 134 Å². The fourth-order valence-corrected chi connectivity index (χ4v) is 3.11. The monoisotopic (exact) mass is 310 g/mol. The lowest BCUT2D eigenvalue weighted by Gasteiger charge is -2.23. The van der Waals surface area contributed by atoms with E-state index >= 15 is 0 Å². The minimum Gasteiger partial charge on any atom is -0.478 e. The Morgan fingerprint density at radius 3 is 2.83 bits per heavy atom. The van der Waals surface area contributed by atoms with Gasteiger partial charge in [0.25, 0.3) is 0 Å². The maximum atomic E-state index is 11.7. The molecule has 2 aromatic rings. The highest BCUT2D eigenvalue weighted by molar-refractivity contribution is 5.89. The fraction of sp³-hybridized carbons (Fsp3) is 0.278. The SMILES string of the molecule is CC(=O)N1CCC[C@H]1c1ccnc(-c2cccc(C(=O)O)c2)c1. The Kier molecular flexibility index (Phi) is 4.10. The molecular formula is C18H18N2O3. The van der Waals surface area contributed by atoms with Gasteiger partial charge in [-0.3, -0.25) is 9.78 Å². The number of carboxylic acids is 1. The Morgan fingerprint density at radius 1 is 1.26 bits per heavy atom. The molecule has 1 N–H and O–H groups in total. The zero-order chi connectivity index (χ0) is 16.4. The molecule has 1 aromatic carbocycles. The number of aromatic nitrogens is 1. The number of rotatable bonds is 3. The van der Waals surface area contributed by atoms with E-state index in [0.717, 1.165) is 36.2 Å². The predicted molar refractivity (Wildman–Crippen MR) is 86.0 cm³/mol. The molecule has 1 atom stereocenters. The summed E-state index contributed by atoms with van der Waals surface area (Å²) in [7, 11) is 0. The predicted octanol–water partition coefficient (Wildman–Crippen LogP) is 3.13. The molecule has 1 aliphatic heterocycles. The average Bonchev–Trinajstić information content (AvgIpc) is 3.05. The average molecular weight is 310 g/mol. The number of benzene rings is 1. The summed E-state index contributed by atoms with van der Waals surface area (Å²) in [5, 5.41) is 9.11. The van der Waals surface area contributed by atoms with Crippen LogP contribution in [0, 0.1) is 0 Å². The molecule has 23 heavy (non-hydrogen) atoms. The van der Waals surface area contributed by atoms with Gasteiger partial charge in [-0.05, 0) is 42.7 Å². The van der Waals surface area contributed by atoms with Gasteiger partial charge < -0.3 is 10.0 Å². The van der Waals surface area contributed by atoms with Crippen LogP contribution in [0.2, 0.25) is 0 Å². The van der Waals surface area contributed by atoms with Gasteiger partial charge >= 0.3 is 5.97 Å². The van der Waals surface area contributed by atoms with Crippen LogP contribution in [0.4, 0.5) is 0 Å².